The molecule has 1 amide bonds. The Hall–Kier alpha value is -0.830. The Morgan fingerprint density at radius 3 is 2.80 bits per heavy atom. The van der Waals surface area contributed by atoms with Crippen molar-refractivity contribution >= 4 is 17.2 Å². The van der Waals surface area contributed by atoms with E-state index in [9.17, 15) is 4.79 Å². The quantitative estimate of drug-likeness (QED) is 0.826. The first-order valence-electron chi connectivity index (χ1n) is 8.07. The molecule has 1 aliphatic carbocycles. The Morgan fingerprint density at radius 1 is 1.40 bits per heavy atom. The summed E-state index contributed by atoms with van der Waals surface area (Å²) in [5.74, 6) is 1.56. The topological polar surface area (TPSA) is 29.1 Å². The van der Waals surface area contributed by atoms with E-state index in [0.717, 1.165) is 30.2 Å². The van der Waals surface area contributed by atoms with E-state index in [4.69, 9.17) is 0 Å². The minimum absolute atomic E-state index is 0.129. The number of hydrogen-bond acceptors (Lipinski definition) is 2. The molecule has 1 aromatic heterocycles. The first-order valence-corrected chi connectivity index (χ1v) is 8.89. The van der Waals surface area contributed by atoms with E-state index in [1.54, 1.807) is 11.3 Å². The molecule has 1 atom stereocenters. The lowest BCUT2D eigenvalue weighted by Crippen LogP contribution is -2.28. The van der Waals surface area contributed by atoms with Gasteiger partial charge in [0.25, 0.3) is 5.91 Å². The van der Waals surface area contributed by atoms with E-state index >= 15 is 0 Å². The molecule has 1 heterocycles. The van der Waals surface area contributed by atoms with Crippen LogP contribution < -0.4 is 5.32 Å². The molecule has 1 unspecified atom stereocenters. The molecule has 0 fully saturated rings. The van der Waals surface area contributed by atoms with Gasteiger partial charge in [-0.1, -0.05) is 40.0 Å². The molecule has 1 aromatic rings. The average molecular weight is 293 g/mol. The Morgan fingerprint density at radius 2 is 2.15 bits per heavy atom. The monoisotopic (exact) mass is 293 g/mol. The van der Waals surface area contributed by atoms with Gasteiger partial charge in [0.15, 0.2) is 0 Å². The van der Waals surface area contributed by atoms with E-state index in [2.05, 4.69) is 32.2 Å². The van der Waals surface area contributed by atoms with Crippen LogP contribution in [0.3, 0.4) is 0 Å². The fourth-order valence-electron chi connectivity index (χ4n) is 2.96. The van der Waals surface area contributed by atoms with Gasteiger partial charge in [-0.3, -0.25) is 4.79 Å². The highest BCUT2D eigenvalue weighted by atomic mass is 32.1. The van der Waals surface area contributed by atoms with Crippen LogP contribution in [0.1, 0.15) is 66.6 Å². The van der Waals surface area contributed by atoms with Crippen LogP contribution >= 0.6 is 11.3 Å². The lowest BCUT2D eigenvalue weighted by Gasteiger charge is -2.19. The van der Waals surface area contributed by atoms with Gasteiger partial charge >= 0.3 is 0 Å². The van der Waals surface area contributed by atoms with E-state index < -0.39 is 0 Å². The van der Waals surface area contributed by atoms with Gasteiger partial charge in [0.2, 0.25) is 0 Å². The van der Waals surface area contributed by atoms with E-state index in [-0.39, 0.29) is 5.91 Å². The van der Waals surface area contributed by atoms with Gasteiger partial charge in [-0.05, 0) is 42.7 Å². The third-order valence-corrected chi connectivity index (χ3v) is 5.93. The number of carbonyl (C=O) groups is 1. The summed E-state index contributed by atoms with van der Waals surface area (Å²) in [5, 5.41) is 3.11. The van der Waals surface area contributed by atoms with Gasteiger partial charge in [0.1, 0.15) is 0 Å². The molecule has 0 bridgehead atoms. The summed E-state index contributed by atoms with van der Waals surface area (Å²) in [5.41, 5.74) is 1.43. The molecule has 3 heteroatoms. The number of hydrogen-bond donors (Lipinski definition) is 1. The van der Waals surface area contributed by atoms with Crippen molar-refractivity contribution < 1.29 is 4.79 Å². The number of rotatable bonds is 6. The lowest BCUT2D eigenvalue weighted by molar-refractivity contribution is 0.0950. The Labute approximate surface area is 127 Å². The normalized spacial score (nSPS) is 18.1. The molecule has 1 aliphatic rings. The van der Waals surface area contributed by atoms with Crippen molar-refractivity contribution in [2.45, 2.75) is 59.3 Å². The van der Waals surface area contributed by atoms with Crippen molar-refractivity contribution in [1.29, 1.82) is 0 Å². The van der Waals surface area contributed by atoms with Crippen molar-refractivity contribution in [3.05, 3.63) is 21.4 Å². The highest BCUT2D eigenvalue weighted by molar-refractivity contribution is 7.14. The number of thiophene rings is 1. The maximum atomic E-state index is 12.2. The SMILES string of the molecule is CCC(CC)CNC(=O)c1cc2c(s1)CCC(CC)C2. The molecule has 20 heavy (non-hydrogen) atoms. The van der Waals surface area contributed by atoms with Crippen molar-refractivity contribution in [3.63, 3.8) is 0 Å². The Bertz CT molecular complexity index is 448. The van der Waals surface area contributed by atoms with Gasteiger partial charge in [-0.15, -0.1) is 11.3 Å². The second-order valence-corrected chi connectivity index (χ2v) is 7.11. The van der Waals surface area contributed by atoms with Crippen LogP contribution in [0.2, 0.25) is 0 Å². The Balaban J connectivity index is 1.96. The second kappa shape index (κ2) is 7.26. The first-order chi connectivity index (χ1) is 9.67. The van der Waals surface area contributed by atoms with Gasteiger partial charge in [0.05, 0.1) is 4.88 Å². The number of aryl methyl sites for hydroxylation is 1. The zero-order valence-corrected chi connectivity index (χ0v) is 13.8. The molecule has 0 spiro atoms. The smallest absolute Gasteiger partial charge is 0.261 e. The second-order valence-electron chi connectivity index (χ2n) is 5.97. The largest absolute Gasteiger partial charge is 0.351 e. The summed E-state index contributed by atoms with van der Waals surface area (Å²) in [6.07, 6.45) is 7.15. The predicted molar refractivity (Wildman–Crippen MR) is 86.5 cm³/mol. The van der Waals surface area contributed by atoms with Crippen LogP contribution in [0.5, 0.6) is 0 Å². The minimum Gasteiger partial charge on any atom is -0.351 e. The number of fused-ring (bicyclic) bond motifs is 1. The number of amides is 1. The zero-order valence-electron chi connectivity index (χ0n) is 13.0. The molecule has 1 N–H and O–H groups in total. The van der Waals surface area contributed by atoms with Crippen LogP contribution in [0.15, 0.2) is 6.07 Å². The van der Waals surface area contributed by atoms with E-state index in [1.807, 2.05) is 0 Å². The van der Waals surface area contributed by atoms with E-state index in [1.165, 1.54) is 36.1 Å². The summed E-state index contributed by atoms with van der Waals surface area (Å²) in [6.45, 7) is 7.46. The third kappa shape index (κ3) is 3.63. The summed E-state index contributed by atoms with van der Waals surface area (Å²) in [7, 11) is 0. The molecular weight excluding hydrogens is 266 g/mol. The molecule has 2 nitrogen and oxygen atoms in total. The molecule has 112 valence electrons. The van der Waals surface area contributed by atoms with Gasteiger partial charge in [-0.2, -0.15) is 0 Å². The highest BCUT2D eigenvalue weighted by Crippen LogP contribution is 2.33. The molecule has 0 radical (unpaired) electrons. The summed E-state index contributed by atoms with van der Waals surface area (Å²) in [6, 6.07) is 2.14. The first kappa shape index (κ1) is 15.6. The van der Waals surface area contributed by atoms with Gasteiger partial charge < -0.3 is 5.32 Å². The molecule has 0 aliphatic heterocycles. The van der Waals surface area contributed by atoms with Gasteiger partial charge in [-0.25, -0.2) is 0 Å². The maximum Gasteiger partial charge on any atom is 0.261 e. The molecule has 0 aromatic carbocycles. The standard InChI is InChI=1S/C17H27NOS/c1-4-12(5-2)11-18-17(19)16-10-14-9-13(6-3)7-8-15(14)20-16/h10,12-13H,4-9,11H2,1-3H3,(H,18,19). The summed E-state index contributed by atoms with van der Waals surface area (Å²) in [4.78, 5) is 14.6. The van der Waals surface area contributed by atoms with Crippen molar-refractivity contribution in [3.8, 4) is 0 Å². The molecule has 2 rings (SSSR count). The average Bonchev–Trinajstić information content (AvgIpc) is 2.90. The van der Waals surface area contributed by atoms with Crippen molar-refractivity contribution in [2.75, 3.05) is 6.54 Å². The highest BCUT2D eigenvalue weighted by Gasteiger charge is 2.22. The third-order valence-electron chi connectivity index (χ3n) is 4.69. The number of nitrogens with one attached hydrogen (secondary N) is 1. The Kier molecular flexibility index (Phi) is 5.64. The van der Waals surface area contributed by atoms with Gasteiger partial charge in [0, 0.05) is 11.4 Å². The fourth-order valence-corrected chi connectivity index (χ4v) is 4.09. The zero-order chi connectivity index (χ0) is 14.5. The maximum absolute atomic E-state index is 12.2. The van der Waals surface area contributed by atoms with Crippen molar-refractivity contribution in [2.24, 2.45) is 11.8 Å². The van der Waals surface area contributed by atoms with Crippen LogP contribution in [0.4, 0.5) is 0 Å². The van der Waals surface area contributed by atoms with E-state index in [0.29, 0.717) is 5.92 Å². The molecule has 0 saturated carbocycles. The predicted octanol–water partition coefficient (Wildman–Crippen LogP) is 4.43. The molecule has 0 saturated heterocycles. The van der Waals surface area contributed by atoms with Crippen LogP contribution in [0.25, 0.3) is 0 Å². The summed E-state index contributed by atoms with van der Waals surface area (Å²) < 4.78 is 0. The lowest BCUT2D eigenvalue weighted by atomic mass is 9.87. The van der Waals surface area contributed by atoms with Crippen LogP contribution in [0, 0.1) is 11.8 Å². The molecular formula is C17H27NOS. The van der Waals surface area contributed by atoms with Crippen LogP contribution in [-0.4, -0.2) is 12.5 Å². The fraction of sp³-hybridized carbons (Fsp3) is 0.706. The summed E-state index contributed by atoms with van der Waals surface area (Å²) >= 11 is 1.71. The minimum atomic E-state index is 0.129. The van der Waals surface area contributed by atoms with Crippen LogP contribution in [-0.2, 0) is 12.8 Å². The number of carbonyl (C=O) groups excluding carboxylic acids is 1. The van der Waals surface area contributed by atoms with Crippen molar-refractivity contribution in [1.82, 2.24) is 5.32 Å².